The van der Waals surface area contributed by atoms with Gasteiger partial charge in [-0.25, -0.2) is 0 Å². The van der Waals surface area contributed by atoms with Crippen LogP contribution >= 0.6 is 34.8 Å². The lowest BCUT2D eigenvalue weighted by molar-refractivity contribution is -0.118. The van der Waals surface area contributed by atoms with E-state index >= 15 is 0 Å². The molecule has 2 aromatic carbocycles. The second-order valence-corrected chi connectivity index (χ2v) is 6.89. The van der Waals surface area contributed by atoms with Gasteiger partial charge in [-0.05, 0) is 24.3 Å². The molecule has 7 nitrogen and oxygen atoms in total. The number of hydrogen-bond donors (Lipinski definition) is 2. The minimum Gasteiger partial charge on any atom is -0.482 e. The molecule has 0 saturated carbocycles. The molecule has 0 spiro atoms. The number of hydrogen-bond acceptors (Lipinski definition) is 6. The summed E-state index contributed by atoms with van der Waals surface area (Å²) >= 11 is 18.3. The quantitative estimate of drug-likeness (QED) is 0.633. The molecule has 3 aromatic rings. The van der Waals surface area contributed by atoms with Crippen molar-refractivity contribution < 1.29 is 13.9 Å². The number of carbonyl (C=O) groups excluding carboxylic acids is 1. The van der Waals surface area contributed by atoms with Gasteiger partial charge >= 0.3 is 0 Å². The molecule has 0 fully saturated rings. The lowest BCUT2D eigenvalue weighted by atomic mass is 10.2. The highest BCUT2D eigenvalue weighted by molar-refractivity contribution is 6.36. The van der Waals surface area contributed by atoms with Gasteiger partial charge in [0, 0.05) is 11.1 Å². The topological polar surface area (TPSA) is 89.3 Å². The van der Waals surface area contributed by atoms with Gasteiger partial charge in [0.1, 0.15) is 5.75 Å². The van der Waals surface area contributed by atoms with Crippen LogP contribution in [-0.2, 0) is 11.3 Å². The molecule has 0 radical (unpaired) electrons. The molecule has 1 aromatic heterocycles. The van der Waals surface area contributed by atoms with Crippen LogP contribution in [0.15, 0.2) is 34.7 Å². The summed E-state index contributed by atoms with van der Waals surface area (Å²) < 4.78 is 11.0. The maximum absolute atomic E-state index is 11.4. The van der Waals surface area contributed by atoms with Crippen LogP contribution in [-0.4, -0.2) is 22.7 Å². The van der Waals surface area contributed by atoms with Crippen LogP contribution in [0.3, 0.4) is 0 Å². The molecule has 2 heterocycles. The Hall–Kier alpha value is -2.48. The Morgan fingerprint density at radius 1 is 1.11 bits per heavy atom. The number of ether oxygens (including phenoxy) is 1. The van der Waals surface area contributed by atoms with Crippen molar-refractivity contribution in [1.82, 2.24) is 10.2 Å². The molecule has 2 N–H and O–H groups in total. The van der Waals surface area contributed by atoms with Crippen molar-refractivity contribution >= 4 is 52.1 Å². The first-order chi connectivity index (χ1) is 13.0. The average molecular weight is 426 g/mol. The number of halogens is 3. The van der Waals surface area contributed by atoms with Crippen molar-refractivity contribution in [3.63, 3.8) is 0 Å². The number of nitrogens with one attached hydrogen (secondary N) is 2. The summed E-state index contributed by atoms with van der Waals surface area (Å²) in [7, 11) is 0. The van der Waals surface area contributed by atoms with E-state index in [0.29, 0.717) is 43.6 Å². The molecular weight excluding hydrogens is 415 g/mol. The van der Waals surface area contributed by atoms with Crippen LogP contribution in [0, 0.1) is 0 Å². The highest BCUT2D eigenvalue weighted by Gasteiger charge is 2.19. The number of benzene rings is 2. The van der Waals surface area contributed by atoms with E-state index in [1.807, 2.05) is 0 Å². The van der Waals surface area contributed by atoms with E-state index in [-0.39, 0.29) is 24.9 Å². The predicted octanol–water partition coefficient (Wildman–Crippen LogP) is 4.64. The number of rotatable bonds is 4. The van der Waals surface area contributed by atoms with Crippen molar-refractivity contribution in [2.45, 2.75) is 6.54 Å². The lowest BCUT2D eigenvalue weighted by Crippen LogP contribution is -2.25. The number of amides is 1. The lowest BCUT2D eigenvalue weighted by Gasteiger charge is -2.19. The first kappa shape index (κ1) is 17.9. The van der Waals surface area contributed by atoms with E-state index in [1.165, 1.54) is 0 Å². The van der Waals surface area contributed by atoms with E-state index in [9.17, 15) is 4.79 Å². The molecule has 0 saturated heterocycles. The van der Waals surface area contributed by atoms with Crippen LogP contribution in [0.1, 0.15) is 5.89 Å². The zero-order chi connectivity index (χ0) is 19.0. The van der Waals surface area contributed by atoms with Gasteiger partial charge in [0.05, 0.1) is 33.5 Å². The van der Waals surface area contributed by atoms with E-state index in [2.05, 4.69) is 20.8 Å². The maximum atomic E-state index is 11.4. The Bertz CT molecular complexity index is 1040. The van der Waals surface area contributed by atoms with Crippen LogP contribution in [0.25, 0.3) is 11.5 Å². The summed E-state index contributed by atoms with van der Waals surface area (Å²) in [6, 6.07) is 8.32. The normalized spacial score (nSPS) is 12.9. The summed E-state index contributed by atoms with van der Waals surface area (Å²) in [5.41, 5.74) is 1.73. The summed E-state index contributed by atoms with van der Waals surface area (Å²) in [6.07, 6.45) is 0. The molecule has 27 heavy (non-hydrogen) atoms. The van der Waals surface area contributed by atoms with E-state index in [1.54, 1.807) is 30.3 Å². The number of carbonyl (C=O) groups is 1. The Balaban J connectivity index is 1.50. The fourth-order valence-electron chi connectivity index (χ4n) is 2.50. The van der Waals surface area contributed by atoms with Crippen molar-refractivity contribution in [2.24, 2.45) is 0 Å². The van der Waals surface area contributed by atoms with E-state index < -0.39 is 0 Å². The fourth-order valence-corrected chi connectivity index (χ4v) is 3.22. The molecule has 0 atom stereocenters. The van der Waals surface area contributed by atoms with Crippen LogP contribution < -0.4 is 15.4 Å². The smallest absolute Gasteiger partial charge is 0.262 e. The van der Waals surface area contributed by atoms with Gasteiger partial charge in [0.15, 0.2) is 6.61 Å². The number of aromatic nitrogens is 2. The van der Waals surface area contributed by atoms with Gasteiger partial charge in [-0.1, -0.05) is 34.8 Å². The largest absolute Gasteiger partial charge is 0.482 e. The second kappa shape index (κ2) is 7.26. The highest BCUT2D eigenvalue weighted by atomic mass is 35.5. The first-order valence-corrected chi connectivity index (χ1v) is 8.91. The van der Waals surface area contributed by atoms with Gasteiger partial charge in [0.2, 0.25) is 11.8 Å². The molecule has 1 amide bonds. The van der Waals surface area contributed by atoms with Gasteiger partial charge in [-0.15, -0.1) is 10.2 Å². The Morgan fingerprint density at radius 2 is 1.96 bits per heavy atom. The van der Waals surface area contributed by atoms with Crippen molar-refractivity contribution in [3.8, 4) is 17.2 Å². The average Bonchev–Trinajstić information content (AvgIpc) is 3.08. The maximum Gasteiger partial charge on any atom is 0.262 e. The van der Waals surface area contributed by atoms with Gasteiger partial charge in [-0.3, -0.25) is 4.79 Å². The van der Waals surface area contributed by atoms with Gasteiger partial charge < -0.3 is 19.8 Å². The zero-order valence-electron chi connectivity index (χ0n) is 13.6. The fraction of sp³-hybridized carbons (Fsp3) is 0.118. The first-order valence-electron chi connectivity index (χ1n) is 7.77. The minimum atomic E-state index is -0.224. The van der Waals surface area contributed by atoms with Crippen LogP contribution in [0.2, 0.25) is 15.1 Å². The zero-order valence-corrected chi connectivity index (χ0v) is 15.8. The molecular formula is C17H11Cl3N4O3. The minimum absolute atomic E-state index is 0.0387. The molecule has 0 aliphatic carbocycles. The Morgan fingerprint density at radius 3 is 2.78 bits per heavy atom. The molecule has 10 heteroatoms. The standard InChI is InChI=1S/C17H11Cl3N4O3/c18-8-1-2-9(10(19)3-8)17-24-23-16(27-17)6-21-12-5-14-13(4-11(12)20)22-15(25)7-26-14/h1-5,21H,6-7H2,(H,22,25). The Labute approximate surface area is 168 Å². The van der Waals surface area contributed by atoms with Crippen molar-refractivity contribution in [3.05, 3.63) is 51.3 Å². The second-order valence-electron chi connectivity index (χ2n) is 5.64. The van der Waals surface area contributed by atoms with E-state index in [0.717, 1.165) is 0 Å². The monoisotopic (exact) mass is 424 g/mol. The summed E-state index contributed by atoms with van der Waals surface area (Å²) in [4.78, 5) is 11.4. The van der Waals surface area contributed by atoms with E-state index in [4.69, 9.17) is 44.0 Å². The van der Waals surface area contributed by atoms with Crippen LogP contribution in [0.5, 0.6) is 5.75 Å². The van der Waals surface area contributed by atoms with Crippen molar-refractivity contribution in [2.75, 3.05) is 17.2 Å². The van der Waals surface area contributed by atoms with Gasteiger partial charge in [0.25, 0.3) is 5.91 Å². The molecule has 1 aliphatic rings. The van der Waals surface area contributed by atoms with Crippen molar-refractivity contribution in [1.29, 1.82) is 0 Å². The summed E-state index contributed by atoms with van der Waals surface area (Å²) in [5, 5.41) is 15.1. The third-order valence-corrected chi connectivity index (χ3v) is 4.62. The van der Waals surface area contributed by atoms with Gasteiger partial charge in [-0.2, -0.15) is 0 Å². The molecule has 0 unspecified atom stereocenters. The number of anilines is 2. The molecule has 1 aliphatic heterocycles. The summed E-state index contributed by atoms with van der Waals surface area (Å²) in [6.45, 7) is 0.200. The molecule has 0 bridgehead atoms. The molecule has 138 valence electrons. The number of nitrogens with zero attached hydrogens (tertiary/aromatic N) is 2. The highest BCUT2D eigenvalue weighted by Crippen LogP contribution is 2.36. The predicted molar refractivity (Wildman–Crippen MR) is 103 cm³/mol. The SMILES string of the molecule is O=C1COc2cc(NCc3nnc(-c4ccc(Cl)cc4Cl)o3)c(Cl)cc2N1. The third-order valence-electron chi connectivity index (χ3n) is 3.76. The Kier molecular flexibility index (Phi) is 4.82. The number of fused-ring (bicyclic) bond motifs is 1. The molecule has 4 rings (SSSR count). The third kappa shape index (κ3) is 3.80. The van der Waals surface area contributed by atoms with Crippen LogP contribution in [0.4, 0.5) is 11.4 Å². The summed E-state index contributed by atoms with van der Waals surface area (Å²) in [5.74, 6) is 0.939.